The number of fused-ring (bicyclic) bond motifs is 1. The lowest BCUT2D eigenvalue weighted by molar-refractivity contribution is 0.0534. The van der Waals surface area contributed by atoms with Crippen molar-refractivity contribution in [1.29, 1.82) is 0 Å². The number of ether oxygens (including phenoxy) is 1. The Morgan fingerprint density at radius 2 is 2.47 bits per heavy atom. The minimum absolute atomic E-state index is 0.307. The van der Waals surface area contributed by atoms with Crippen LogP contribution in [0.15, 0.2) is 18.2 Å². The van der Waals surface area contributed by atoms with Gasteiger partial charge in [-0.15, -0.1) is 0 Å². The van der Waals surface area contributed by atoms with Crippen molar-refractivity contribution in [1.82, 2.24) is 5.48 Å². The fourth-order valence-electron chi connectivity index (χ4n) is 1.50. The van der Waals surface area contributed by atoms with Gasteiger partial charge in [0.05, 0.1) is 18.4 Å². The number of nitrogens with one attached hydrogen (secondary N) is 2. The molecule has 1 aliphatic heterocycles. The van der Waals surface area contributed by atoms with Crippen molar-refractivity contribution >= 4 is 11.6 Å². The standard InChI is InChI=1S/C10H12N2O3/c1-14-12-10(13)7-3-2-4-8-9(7)15-6-5-11-8/h2-4,11H,5-6H2,1H3,(H,12,13). The molecule has 5 heteroatoms. The van der Waals surface area contributed by atoms with Gasteiger partial charge in [0.15, 0.2) is 5.75 Å². The first-order chi connectivity index (χ1) is 7.33. The number of anilines is 1. The van der Waals surface area contributed by atoms with E-state index in [-0.39, 0.29) is 5.91 Å². The zero-order valence-corrected chi connectivity index (χ0v) is 8.37. The van der Waals surface area contributed by atoms with Crippen LogP contribution in [0.3, 0.4) is 0 Å². The monoisotopic (exact) mass is 208 g/mol. The Bertz CT molecular complexity index is 379. The van der Waals surface area contributed by atoms with Gasteiger partial charge >= 0.3 is 0 Å². The molecular weight excluding hydrogens is 196 g/mol. The molecule has 0 unspecified atom stereocenters. The van der Waals surface area contributed by atoms with E-state index >= 15 is 0 Å². The van der Waals surface area contributed by atoms with E-state index in [0.29, 0.717) is 17.9 Å². The molecule has 80 valence electrons. The van der Waals surface area contributed by atoms with Gasteiger partial charge in [-0.05, 0) is 12.1 Å². The molecule has 1 amide bonds. The van der Waals surface area contributed by atoms with Crippen LogP contribution in [-0.4, -0.2) is 26.2 Å². The number of rotatable bonds is 2. The lowest BCUT2D eigenvalue weighted by Crippen LogP contribution is -2.25. The molecule has 0 aromatic heterocycles. The van der Waals surface area contributed by atoms with Crippen molar-refractivity contribution in [3.8, 4) is 5.75 Å². The summed E-state index contributed by atoms with van der Waals surface area (Å²) in [5.41, 5.74) is 3.58. The topological polar surface area (TPSA) is 59.6 Å². The van der Waals surface area contributed by atoms with E-state index in [1.807, 2.05) is 6.07 Å². The summed E-state index contributed by atoms with van der Waals surface area (Å²) in [6.07, 6.45) is 0. The average Bonchev–Trinajstić information content (AvgIpc) is 2.28. The summed E-state index contributed by atoms with van der Waals surface area (Å²) in [6, 6.07) is 5.36. The van der Waals surface area contributed by atoms with Crippen molar-refractivity contribution in [2.45, 2.75) is 0 Å². The lowest BCUT2D eigenvalue weighted by Gasteiger charge is -2.21. The van der Waals surface area contributed by atoms with Gasteiger partial charge in [0, 0.05) is 6.54 Å². The molecule has 0 bridgehead atoms. The maximum absolute atomic E-state index is 11.6. The second kappa shape index (κ2) is 4.18. The van der Waals surface area contributed by atoms with Gasteiger partial charge in [0.1, 0.15) is 6.61 Å². The molecule has 0 aliphatic carbocycles. The van der Waals surface area contributed by atoms with Crippen LogP contribution in [0.25, 0.3) is 0 Å². The normalized spacial score (nSPS) is 13.4. The zero-order chi connectivity index (χ0) is 10.7. The summed E-state index contributed by atoms with van der Waals surface area (Å²) in [7, 11) is 1.40. The number of amides is 1. The Morgan fingerprint density at radius 3 is 3.27 bits per heavy atom. The maximum Gasteiger partial charge on any atom is 0.278 e. The Labute approximate surface area is 87.3 Å². The number of benzene rings is 1. The Kier molecular flexibility index (Phi) is 2.73. The molecular formula is C10H12N2O3. The van der Waals surface area contributed by atoms with Crippen molar-refractivity contribution in [3.05, 3.63) is 23.8 Å². The highest BCUT2D eigenvalue weighted by Gasteiger charge is 2.18. The number of carbonyl (C=O) groups excluding carboxylic acids is 1. The maximum atomic E-state index is 11.6. The van der Waals surface area contributed by atoms with Crippen LogP contribution in [0.1, 0.15) is 10.4 Å². The number of hydrogen-bond acceptors (Lipinski definition) is 4. The lowest BCUT2D eigenvalue weighted by atomic mass is 10.1. The predicted molar refractivity (Wildman–Crippen MR) is 54.9 cm³/mol. The van der Waals surface area contributed by atoms with E-state index < -0.39 is 0 Å². The van der Waals surface area contributed by atoms with Crippen LogP contribution in [0.2, 0.25) is 0 Å². The summed E-state index contributed by atoms with van der Waals surface area (Å²) in [5, 5.41) is 3.15. The fraction of sp³-hybridized carbons (Fsp3) is 0.300. The molecule has 2 rings (SSSR count). The third kappa shape index (κ3) is 1.87. The third-order valence-corrected chi connectivity index (χ3v) is 2.12. The van der Waals surface area contributed by atoms with Gasteiger partial charge in [0.25, 0.3) is 5.91 Å². The molecule has 0 radical (unpaired) electrons. The van der Waals surface area contributed by atoms with E-state index in [1.54, 1.807) is 12.1 Å². The summed E-state index contributed by atoms with van der Waals surface area (Å²) < 4.78 is 5.44. The largest absolute Gasteiger partial charge is 0.489 e. The summed E-state index contributed by atoms with van der Waals surface area (Å²) >= 11 is 0. The Hall–Kier alpha value is -1.75. The third-order valence-electron chi connectivity index (χ3n) is 2.12. The van der Waals surface area contributed by atoms with Crippen LogP contribution < -0.4 is 15.5 Å². The van der Waals surface area contributed by atoms with Gasteiger partial charge in [0.2, 0.25) is 0 Å². The van der Waals surface area contributed by atoms with E-state index in [9.17, 15) is 4.79 Å². The first kappa shape index (κ1) is 9.79. The van der Waals surface area contributed by atoms with Gasteiger partial charge in [-0.25, -0.2) is 5.48 Å². The minimum Gasteiger partial charge on any atom is -0.489 e. The molecule has 1 aliphatic rings. The number of para-hydroxylation sites is 1. The number of hydroxylamine groups is 1. The Morgan fingerprint density at radius 1 is 1.60 bits per heavy atom. The van der Waals surface area contributed by atoms with E-state index in [0.717, 1.165) is 12.2 Å². The van der Waals surface area contributed by atoms with Crippen LogP contribution in [0.5, 0.6) is 5.75 Å². The van der Waals surface area contributed by atoms with Crippen molar-refractivity contribution < 1.29 is 14.4 Å². The van der Waals surface area contributed by atoms with Crippen molar-refractivity contribution in [3.63, 3.8) is 0 Å². The van der Waals surface area contributed by atoms with Gasteiger partial charge < -0.3 is 10.1 Å². The Balaban J connectivity index is 2.34. The van der Waals surface area contributed by atoms with E-state index in [4.69, 9.17) is 4.74 Å². The summed E-state index contributed by atoms with van der Waals surface area (Å²) in [5.74, 6) is 0.274. The van der Waals surface area contributed by atoms with Gasteiger partial charge in [-0.1, -0.05) is 6.07 Å². The number of hydrogen-bond donors (Lipinski definition) is 2. The molecule has 0 fully saturated rings. The smallest absolute Gasteiger partial charge is 0.278 e. The van der Waals surface area contributed by atoms with Crippen LogP contribution in [0.4, 0.5) is 5.69 Å². The van der Waals surface area contributed by atoms with Crippen molar-refractivity contribution in [2.24, 2.45) is 0 Å². The van der Waals surface area contributed by atoms with Gasteiger partial charge in [-0.3, -0.25) is 9.63 Å². The van der Waals surface area contributed by atoms with Crippen LogP contribution in [-0.2, 0) is 4.84 Å². The highest BCUT2D eigenvalue weighted by atomic mass is 16.6. The van der Waals surface area contributed by atoms with Gasteiger partial charge in [-0.2, -0.15) is 0 Å². The zero-order valence-electron chi connectivity index (χ0n) is 8.37. The fourth-order valence-corrected chi connectivity index (χ4v) is 1.50. The second-order valence-electron chi connectivity index (χ2n) is 3.09. The molecule has 0 spiro atoms. The van der Waals surface area contributed by atoms with E-state index in [2.05, 4.69) is 15.6 Å². The molecule has 0 saturated heterocycles. The predicted octanol–water partition coefficient (Wildman–Crippen LogP) is 0.782. The molecule has 2 N–H and O–H groups in total. The van der Waals surface area contributed by atoms with E-state index in [1.165, 1.54) is 7.11 Å². The first-order valence-corrected chi connectivity index (χ1v) is 4.66. The van der Waals surface area contributed by atoms with Crippen LogP contribution in [0, 0.1) is 0 Å². The average molecular weight is 208 g/mol. The quantitative estimate of drug-likeness (QED) is 0.705. The molecule has 0 atom stereocenters. The second-order valence-corrected chi connectivity index (χ2v) is 3.09. The molecule has 15 heavy (non-hydrogen) atoms. The highest BCUT2D eigenvalue weighted by molar-refractivity contribution is 5.98. The summed E-state index contributed by atoms with van der Waals surface area (Å²) in [6.45, 7) is 1.31. The first-order valence-electron chi connectivity index (χ1n) is 4.66. The van der Waals surface area contributed by atoms with Crippen LogP contribution >= 0.6 is 0 Å². The molecule has 1 aromatic rings. The molecule has 0 saturated carbocycles. The molecule has 1 aromatic carbocycles. The summed E-state index contributed by atoms with van der Waals surface area (Å²) in [4.78, 5) is 16.1. The highest BCUT2D eigenvalue weighted by Crippen LogP contribution is 2.30. The molecule has 5 nitrogen and oxygen atoms in total. The minimum atomic E-state index is -0.307. The molecule has 1 heterocycles. The SMILES string of the molecule is CONC(=O)c1cccc2c1OCCN2. The van der Waals surface area contributed by atoms with Crippen molar-refractivity contribution in [2.75, 3.05) is 25.6 Å². The number of carbonyl (C=O) groups is 1.